The Morgan fingerprint density at radius 1 is 1.61 bits per heavy atom. The van der Waals surface area contributed by atoms with Crippen LogP contribution < -0.4 is 16.2 Å². The Hall–Kier alpha value is -0.920. The zero-order valence-electron chi connectivity index (χ0n) is 10.7. The highest BCUT2D eigenvalue weighted by atomic mass is 79.9. The van der Waals surface area contributed by atoms with Gasteiger partial charge in [-0.3, -0.25) is 5.43 Å². The largest absolute Gasteiger partial charge is 0.354 e. The van der Waals surface area contributed by atoms with Gasteiger partial charge in [0.05, 0.1) is 4.47 Å². The Morgan fingerprint density at radius 3 is 3.06 bits per heavy atom. The third kappa shape index (κ3) is 2.90. The third-order valence-corrected chi connectivity index (χ3v) is 3.90. The van der Waals surface area contributed by atoms with Crippen LogP contribution in [0.3, 0.4) is 0 Å². The molecule has 0 bridgehead atoms. The van der Waals surface area contributed by atoms with E-state index in [1.165, 1.54) is 19.4 Å². The number of likely N-dealkylation sites (N-methyl/N-ethyl adjacent to an activating group) is 2. The van der Waals surface area contributed by atoms with E-state index in [4.69, 9.17) is 5.84 Å². The van der Waals surface area contributed by atoms with Gasteiger partial charge >= 0.3 is 0 Å². The van der Waals surface area contributed by atoms with Crippen LogP contribution in [-0.4, -0.2) is 48.1 Å². The predicted molar refractivity (Wildman–Crippen MR) is 76.5 cm³/mol. The Morgan fingerprint density at radius 2 is 2.39 bits per heavy atom. The highest BCUT2D eigenvalue weighted by Crippen LogP contribution is 2.27. The van der Waals surface area contributed by atoms with Crippen LogP contribution in [0.15, 0.2) is 10.7 Å². The van der Waals surface area contributed by atoms with Crippen molar-refractivity contribution in [2.24, 2.45) is 5.84 Å². The van der Waals surface area contributed by atoms with Crippen molar-refractivity contribution in [1.82, 2.24) is 14.9 Å². The fourth-order valence-electron chi connectivity index (χ4n) is 2.30. The molecule has 0 aromatic carbocycles. The lowest BCUT2D eigenvalue weighted by Crippen LogP contribution is -2.45. The summed E-state index contributed by atoms with van der Waals surface area (Å²) in [5, 5.41) is 0. The normalized spacial score (nSPS) is 20.8. The van der Waals surface area contributed by atoms with Crippen molar-refractivity contribution in [2.45, 2.75) is 18.9 Å². The molecule has 1 fully saturated rings. The number of nitrogens with one attached hydrogen (secondary N) is 1. The summed E-state index contributed by atoms with van der Waals surface area (Å²) in [5.41, 5.74) is 2.48. The van der Waals surface area contributed by atoms with Crippen molar-refractivity contribution >= 4 is 27.7 Å². The van der Waals surface area contributed by atoms with Crippen molar-refractivity contribution in [3.05, 3.63) is 10.7 Å². The van der Waals surface area contributed by atoms with Crippen molar-refractivity contribution in [3.8, 4) is 0 Å². The van der Waals surface area contributed by atoms with Gasteiger partial charge in [-0.05, 0) is 42.4 Å². The molecule has 0 radical (unpaired) electrons. The first kappa shape index (κ1) is 13.5. The summed E-state index contributed by atoms with van der Waals surface area (Å²) in [5.74, 6) is 6.66. The molecule has 2 heterocycles. The predicted octanol–water partition coefficient (Wildman–Crippen LogP) is 1.06. The van der Waals surface area contributed by atoms with Crippen molar-refractivity contribution in [1.29, 1.82) is 0 Å². The number of likely N-dealkylation sites (tertiary alicyclic amines) is 1. The van der Waals surface area contributed by atoms with Gasteiger partial charge in [-0.15, -0.1) is 0 Å². The van der Waals surface area contributed by atoms with E-state index < -0.39 is 0 Å². The molecule has 3 N–H and O–H groups in total. The molecule has 1 aromatic rings. The third-order valence-electron chi connectivity index (χ3n) is 3.34. The molecular formula is C11H19BrN6. The van der Waals surface area contributed by atoms with E-state index >= 15 is 0 Å². The average molecular weight is 315 g/mol. The maximum atomic E-state index is 5.35. The number of nitrogens with two attached hydrogens (primary N) is 1. The van der Waals surface area contributed by atoms with Crippen LogP contribution >= 0.6 is 15.9 Å². The molecule has 18 heavy (non-hydrogen) atoms. The van der Waals surface area contributed by atoms with Gasteiger partial charge in [0.25, 0.3) is 0 Å². The van der Waals surface area contributed by atoms with Crippen molar-refractivity contribution in [2.75, 3.05) is 37.5 Å². The molecule has 1 aliphatic heterocycles. The van der Waals surface area contributed by atoms with Crippen LogP contribution in [0, 0.1) is 0 Å². The summed E-state index contributed by atoms with van der Waals surface area (Å²) in [6.45, 7) is 2.23. The lowest BCUT2D eigenvalue weighted by Gasteiger charge is -2.36. The fraction of sp³-hybridized carbons (Fsp3) is 0.636. The quantitative estimate of drug-likeness (QED) is 0.642. The van der Waals surface area contributed by atoms with Crippen molar-refractivity contribution < 1.29 is 0 Å². The molecule has 0 amide bonds. The average Bonchev–Trinajstić information content (AvgIpc) is 2.38. The molecule has 6 nitrogen and oxygen atoms in total. The molecule has 7 heteroatoms. The number of anilines is 2. The minimum Gasteiger partial charge on any atom is -0.354 e. The zero-order valence-corrected chi connectivity index (χ0v) is 12.3. The molecule has 2 rings (SSSR count). The summed E-state index contributed by atoms with van der Waals surface area (Å²) in [4.78, 5) is 13.0. The topological polar surface area (TPSA) is 70.3 Å². The summed E-state index contributed by atoms with van der Waals surface area (Å²) in [6, 6.07) is 0.473. The van der Waals surface area contributed by atoms with E-state index in [0.717, 1.165) is 16.8 Å². The van der Waals surface area contributed by atoms with Gasteiger partial charge in [-0.1, -0.05) is 0 Å². The van der Waals surface area contributed by atoms with Gasteiger partial charge in [0, 0.05) is 25.8 Å². The lowest BCUT2D eigenvalue weighted by molar-refractivity contribution is 0.247. The number of nitrogen functional groups attached to an aromatic ring is 1. The van der Waals surface area contributed by atoms with Crippen LogP contribution in [-0.2, 0) is 0 Å². The molecule has 1 atom stereocenters. The van der Waals surface area contributed by atoms with Crippen LogP contribution in [0.2, 0.25) is 0 Å². The van der Waals surface area contributed by atoms with E-state index in [1.54, 1.807) is 6.20 Å². The van der Waals surface area contributed by atoms with Crippen LogP contribution in [0.4, 0.5) is 11.8 Å². The molecule has 1 aromatic heterocycles. The van der Waals surface area contributed by atoms with Gasteiger partial charge in [0.1, 0.15) is 5.82 Å². The van der Waals surface area contributed by atoms with E-state index in [0.29, 0.717) is 12.0 Å². The number of aromatic nitrogens is 2. The minimum absolute atomic E-state index is 0.434. The molecule has 1 saturated heterocycles. The maximum absolute atomic E-state index is 5.35. The van der Waals surface area contributed by atoms with Gasteiger partial charge < -0.3 is 9.80 Å². The summed E-state index contributed by atoms with van der Waals surface area (Å²) >= 11 is 3.49. The Bertz CT molecular complexity index is 413. The summed E-state index contributed by atoms with van der Waals surface area (Å²) in [7, 11) is 4.22. The second-order valence-corrected chi connectivity index (χ2v) is 5.53. The molecular weight excluding hydrogens is 296 g/mol. The zero-order chi connectivity index (χ0) is 13.1. The fourth-order valence-corrected chi connectivity index (χ4v) is 2.77. The van der Waals surface area contributed by atoms with Crippen LogP contribution in [0.5, 0.6) is 0 Å². The second-order valence-electron chi connectivity index (χ2n) is 4.68. The monoisotopic (exact) mass is 314 g/mol. The van der Waals surface area contributed by atoms with Gasteiger partial charge in [0.2, 0.25) is 5.95 Å². The highest BCUT2D eigenvalue weighted by molar-refractivity contribution is 9.10. The van der Waals surface area contributed by atoms with Crippen LogP contribution in [0.25, 0.3) is 0 Å². The number of hydrazine groups is 1. The molecule has 0 spiro atoms. The smallest absolute Gasteiger partial charge is 0.239 e. The maximum Gasteiger partial charge on any atom is 0.239 e. The summed E-state index contributed by atoms with van der Waals surface area (Å²) in [6.07, 6.45) is 4.12. The Balaban J connectivity index is 2.19. The van der Waals surface area contributed by atoms with E-state index in [2.05, 4.69) is 55.2 Å². The molecule has 1 aliphatic rings. The number of rotatable bonds is 3. The first-order chi connectivity index (χ1) is 8.61. The lowest BCUT2D eigenvalue weighted by atomic mass is 10.1. The van der Waals surface area contributed by atoms with Crippen molar-refractivity contribution in [3.63, 3.8) is 0 Å². The first-order valence-corrected chi connectivity index (χ1v) is 6.81. The number of halogens is 1. The van der Waals surface area contributed by atoms with Gasteiger partial charge in [0.15, 0.2) is 0 Å². The molecule has 1 unspecified atom stereocenters. The number of hydrogen-bond acceptors (Lipinski definition) is 6. The summed E-state index contributed by atoms with van der Waals surface area (Å²) < 4.78 is 0.886. The highest BCUT2D eigenvalue weighted by Gasteiger charge is 2.23. The minimum atomic E-state index is 0.434. The molecule has 0 aliphatic carbocycles. The van der Waals surface area contributed by atoms with E-state index in [1.807, 2.05) is 0 Å². The van der Waals surface area contributed by atoms with E-state index in [-0.39, 0.29) is 0 Å². The molecule has 100 valence electrons. The number of hydrogen-bond donors (Lipinski definition) is 2. The second kappa shape index (κ2) is 5.81. The SMILES string of the molecule is CN1CCCC(N(C)c2nc(NN)ncc2Br)C1. The first-order valence-electron chi connectivity index (χ1n) is 6.02. The Kier molecular flexibility index (Phi) is 4.36. The van der Waals surface area contributed by atoms with Crippen LogP contribution in [0.1, 0.15) is 12.8 Å². The standard InChI is InChI=1S/C11H19BrN6/c1-17-5-3-4-8(7-17)18(2)10-9(12)6-14-11(15-10)16-13/h6,8H,3-5,7,13H2,1-2H3,(H,14,15,16). The number of piperidine rings is 1. The Labute approximate surface area is 116 Å². The molecule has 0 saturated carbocycles. The van der Waals surface area contributed by atoms with Gasteiger partial charge in [-0.25, -0.2) is 10.8 Å². The number of nitrogens with zero attached hydrogens (tertiary/aromatic N) is 4. The van der Waals surface area contributed by atoms with E-state index in [9.17, 15) is 0 Å². The van der Waals surface area contributed by atoms with Gasteiger partial charge in [-0.2, -0.15) is 4.98 Å².